The highest BCUT2D eigenvalue weighted by Gasteiger charge is 2.28. The minimum Gasteiger partial charge on any atom is -0.335 e. The maximum atomic E-state index is 12.4. The van der Waals surface area contributed by atoms with Gasteiger partial charge >= 0.3 is 6.03 Å². The van der Waals surface area contributed by atoms with Crippen molar-refractivity contribution < 1.29 is 9.59 Å². The first-order valence-electron chi connectivity index (χ1n) is 7.97. The van der Waals surface area contributed by atoms with Crippen molar-refractivity contribution in [1.82, 2.24) is 24.5 Å². The van der Waals surface area contributed by atoms with E-state index in [0.29, 0.717) is 31.7 Å². The third kappa shape index (κ3) is 3.08. The van der Waals surface area contributed by atoms with E-state index in [1.807, 2.05) is 9.80 Å². The number of piperazine rings is 1. The van der Waals surface area contributed by atoms with Crippen LogP contribution in [0.3, 0.4) is 0 Å². The molecule has 1 aromatic heterocycles. The molecule has 0 atom stereocenters. The summed E-state index contributed by atoms with van der Waals surface area (Å²) in [5.41, 5.74) is 0.610. The Hall–Kier alpha value is -2.05. The summed E-state index contributed by atoms with van der Waals surface area (Å²) in [5.74, 6) is -0.00169. The lowest BCUT2D eigenvalue weighted by molar-refractivity contribution is 0.0633. The molecule has 0 spiro atoms. The molecule has 3 amide bonds. The van der Waals surface area contributed by atoms with Gasteiger partial charge in [-0.2, -0.15) is 5.10 Å². The highest BCUT2D eigenvalue weighted by molar-refractivity contribution is 5.93. The fraction of sp³-hybridized carbons (Fsp3) is 0.667. The second-order valence-electron chi connectivity index (χ2n) is 6.01. The van der Waals surface area contributed by atoms with Gasteiger partial charge in [0.1, 0.15) is 0 Å². The number of urea groups is 1. The largest absolute Gasteiger partial charge is 0.335 e. The van der Waals surface area contributed by atoms with Crippen molar-refractivity contribution in [2.75, 3.05) is 39.3 Å². The normalized spacial score (nSPS) is 19.4. The Morgan fingerprint density at radius 2 is 1.50 bits per heavy atom. The molecule has 22 heavy (non-hydrogen) atoms. The first kappa shape index (κ1) is 14.9. The zero-order chi connectivity index (χ0) is 15.5. The molecule has 0 aromatic carbocycles. The number of amides is 3. The number of aromatic nitrogens is 2. The van der Waals surface area contributed by atoms with Crippen molar-refractivity contribution in [3.63, 3.8) is 0 Å². The highest BCUT2D eigenvalue weighted by atomic mass is 16.2. The SMILES string of the molecule is Cn1cc(C(=O)N2CCN(C(=O)N3CCCCC3)CC2)cn1. The van der Waals surface area contributed by atoms with Gasteiger partial charge in [0, 0.05) is 52.5 Å². The maximum Gasteiger partial charge on any atom is 0.320 e. The van der Waals surface area contributed by atoms with E-state index >= 15 is 0 Å². The van der Waals surface area contributed by atoms with Crippen molar-refractivity contribution in [3.8, 4) is 0 Å². The Bertz CT molecular complexity index is 542. The molecule has 2 fully saturated rings. The number of rotatable bonds is 1. The summed E-state index contributed by atoms with van der Waals surface area (Å²) in [5, 5.41) is 4.03. The number of hydrogen-bond donors (Lipinski definition) is 0. The molecule has 2 aliphatic heterocycles. The predicted molar refractivity (Wildman–Crippen MR) is 81.5 cm³/mol. The fourth-order valence-corrected chi connectivity index (χ4v) is 3.10. The van der Waals surface area contributed by atoms with Crippen molar-refractivity contribution >= 4 is 11.9 Å². The van der Waals surface area contributed by atoms with Crippen LogP contribution in [0.15, 0.2) is 12.4 Å². The molecule has 0 radical (unpaired) electrons. The minimum absolute atomic E-state index is 0.00169. The number of hydrogen-bond acceptors (Lipinski definition) is 3. The van der Waals surface area contributed by atoms with Gasteiger partial charge in [0.15, 0.2) is 0 Å². The van der Waals surface area contributed by atoms with E-state index in [1.165, 1.54) is 6.42 Å². The maximum absolute atomic E-state index is 12.4. The van der Waals surface area contributed by atoms with Crippen LogP contribution in [-0.2, 0) is 7.05 Å². The summed E-state index contributed by atoms with van der Waals surface area (Å²) in [6, 6.07) is 0.133. The van der Waals surface area contributed by atoms with Gasteiger partial charge < -0.3 is 14.7 Å². The summed E-state index contributed by atoms with van der Waals surface area (Å²) in [6.07, 6.45) is 6.74. The number of carbonyl (C=O) groups is 2. The Morgan fingerprint density at radius 3 is 2.09 bits per heavy atom. The van der Waals surface area contributed by atoms with E-state index in [1.54, 1.807) is 29.0 Å². The van der Waals surface area contributed by atoms with E-state index in [4.69, 9.17) is 0 Å². The summed E-state index contributed by atoms with van der Waals surface area (Å²) < 4.78 is 1.63. The molecule has 0 N–H and O–H groups in total. The first-order valence-corrected chi connectivity index (χ1v) is 7.97. The number of carbonyl (C=O) groups excluding carboxylic acids is 2. The number of likely N-dealkylation sites (tertiary alicyclic amines) is 1. The van der Waals surface area contributed by atoms with E-state index in [0.717, 1.165) is 25.9 Å². The molecule has 120 valence electrons. The number of nitrogens with zero attached hydrogens (tertiary/aromatic N) is 5. The number of piperidine rings is 1. The first-order chi connectivity index (χ1) is 10.6. The second-order valence-corrected chi connectivity index (χ2v) is 6.01. The van der Waals surface area contributed by atoms with Crippen LogP contribution in [0.5, 0.6) is 0 Å². The third-order valence-electron chi connectivity index (χ3n) is 4.42. The van der Waals surface area contributed by atoms with Gasteiger partial charge in [0.2, 0.25) is 0 Å². The lowest BCUT2D eigenvalue weighted by atomic mass is 10.1. The van der Waals surface area contributed by atoms with Crippen molar-refractivity contribution in [2.24, 2.45) is 7.05 Å². The summed E-state index contributed by atoms with van der Waals surface area (Å²) >= 11 is 0. The molecule has 7 heteroatoms. The second kappa shape index (κ2) is 6.37. The molecule has 0 unspecified atom stereocenters. The van der Waals surface area contributed by atoms with Crippen molar-refractivity contribution in [1.29, 1.82) is 0 Å². The molecule has 3 heterocycles. The molecular formula is C15H23N5O2. The van der Waals surface area contributed by atoms with Crippen LogP contribution < -0.4 is 0 Å². The summed E-state index contributed by atoms with van der Waals surface area (Å²) in [7, 11) is 1.80. The van der Waals surface area contributed by atoms with Gasteiger partial charge in [-0.05, 0) is 19.3 Å². The van der Waals surface area contributed by atoms with E-state index in [2.05, 4.69) is 5.10 Å². The van der Waals surface area contributed by atoms with Crippen LogP contribution in [0.1, 0.15) is 29.6 Å². The van der Waals surface area contributed by atoms with Crippen LogP contribution in [0.4, 0.5) is 4.79 Å². The van der Waals surface area contributed by atoms with Gasteiger partial charge in [-0.1, -0.05) is 0 Å². The molecule has 1 aromatic rings. The molecule has 0 saturated carbocycles. The van der Waals surface area contributed by atoms with Crippen LogP contribution >= 0.6 is 0 Å². The third-order valence-corrected chi connectivity index (χ3v) is 4.42. The van der Waals surface area contributed by atoms with Gasteiger partial charge in [-0.15, -0.1) is 0 Å². The van der Waals surface area contributed by atoms with Gasteiger partial charge in [-0.25, -0.2) is 4.79 Å². The lowest BCUT2D eigenvalue weighted by Crippen LogP contribution is -2.54. The lowest BCUT2D eigenvalue weighted by Gasteiger charge is -2.38. The molecule has 0 bridgehead atoms. The van der Waals surface area contributed by atoms with Crippen molar-refractivity contribution in [3.05, 3.63) is 18.0 Å². The van der Waals surface area contributed by atoms with E-state index < -0.39 is 0 Å². The molecule has 7 nitrogen and oxygen atoms in total. The molecule has 2 aliphatic rings. The van der Waals surface area contributed by atoms with Gasteiger partial charge in [-0.3, -0.25) is 9.48 Å². The molecule has 0 aliphatic carbocycles. The van der Waals surface area contributed by atoms with Gasteiger partial charge in [0.05, 0.1) is 11.8 Å². The highest BCUT2D eigenvalue weighted by Crippen LogP contribution is 2.14. The van der Waals surface area contributed by atoms with E-state index in [-0.39, 0.29) is 11.9 Å². The molecule has 3 rings (SSSR count). The standard InChI is InChI=1S/C15H23N5O2/c1-17-12-13(11-16-17)14(21)18-7-9-20(10-8-18)15(22)19-5-3-2-4-6-19/h11-12H,2-10H2,1H3. The average molecular weight is 305 g/mol. The molecular weight excluding hydrogens is 282 g/mol. The Balaban J connectivity index is 1.53. The van der Waals surface area contributed by atoms with Crippen LogP contribution in [0.25, 0.3) is 0 Å². The topological polar surface area (TPSA) is 61.7 Å². The quantitative estimate of drug-likeness (QED) is 0.770. The van der Waals surface area contributed by atoms with Gasteiger partial charge in [0.25, 0.3) is 5.91 Å². The fourth-order valence-electron chi connectivity index (χ4n) is 3.10. The Kier molecular flexibility index (Phi) is 4.31. The van der Waals surface area contributed by atoms with Crippen LogP contribution in [0, 0.1) is 0 Å². The van der Waals surface area contributed by atoms with Crippen molar-refractivity contribution in [2.45, 2.75) is 19.3 Å². The average Bonchev–Trinajstić information content (AvgIpc) is 3.01. The Labute approximate surface area is 130 Å². The zero-order valence-corrected chi connectivity index (χ0v) is 13.1. The molecule has 2 saturated heterocycles. The predicted octanol–water partition coefficient (Wildman–Crippen LogP) is 0.784. The van der Waals surface area contributed by atoms with Crippen LogP contribution in [0.2, 0.25) is 0 Å². The monoisotopic (exact) mass is 305 g/mol. The minimum atomic E-state index is -0.00169. The summed E-state index contributed by atoms with van der Waals surface area (Å²) in [6.45, 7) is 4.14. The van der Waals surface area contributed by atoms with E-state index in [9.17, 15) is 9.59 Å². The smallest absolute Gasteiger partial charge is 0.320 e. The Morgan fingerprint density at radius 1 is 0.909 bits per heavy atom. The zero-order valence-electron chi connectivity index (χ0n) is 13.1. The van der Waals surface area contributed by atoms with Crippen LogP contribution in [-0.4, -0.2) is 75.7 Å². The number of aryl methyl sites for hydroxylation is 1. The summed E-state index contributed by atoms with van der Waals surface area (Å²) in [4.78, 5) is 30.4.